The molecule has 2 aromatic carbocycles. The molecule has 1 heterocycles. The molecule has 1 amide bonds. The minimum Gasteiger partial charge on any atom is -0.477 e. The first kappa shape index (κ1) is 24.4. The van der Waals surface area contributed by atoms with Crippen LogP contribution in [0.3, 0.4) is 0 Å². The summed E-state index contributed by atoms with van der Waals surface area (Å²) in [6.45, 7) is 1.22. The Bertz CT molecular complexity index is 1250. The van der Waals surface area contributed by atoms with Gasteiger partial charge in [-0.2, -0.15) is 5.10 Å². The number of halogens is 1. The summed E-state index contributed by atoms with van der Waals surface area (Å²) in [7, 11) is 0. The van der Waals surface area contributed by atoms with Crippen LogP contribution >= 0.6 is 15.9 Å². The first-order valence-electron chi connectivity index (χ1n) is 9.74. The van der Waals surface area contributed by atoms with Crippen LogP contribution in [-0.2, 0) is 9.59 Å². The van der Waals surface area contributed by atoms with Gasteiger partial charge in [-0.15, -0.1) is 0 Å². The van der Waals surface area contributed by atoms with Gasteiger partial charge in [0, 0.05) is 22.2 Å². The second-order valence-electron chi connectivity index (χ2n) is 6.76. The fourth-order valence-electron chi connectivity index (χ4n) is 2.63. The van der Waals surface area contributed by atoms with Gasteiger partial charge in [0.2, 0.25) is 0 Å². The topological polar surface area (TPSA) is 133 Å². The highest BCUT2D eigenvalue weighted by molar-refractivity contribution is 9.10. The maximum absolute atomic E-state index is 12.1. The van der Waals surface area contributed by atoms with E-state index in [1.54, 1.807) is 43.3 Å². The van der Waals surface area contributed by atoms with Crippen LogP contribution in [0, 0.1) is 17.0 Å². The highest BCUT2D eigenvalue weighted by Crippen LogP contribution is 2.27. The van der Waals surface area contributed by atoms with E-state index < -0.39 is 23.4 Å². The number of nitrogens with one attached hydrogen (secondary N) is 1. The summed E-state index contributed by atoms with van der Waals surface area (Å²) in [5, 5.41) is 15.0. The maximum Gasteiger partial charge on any atom is 0.336 e. The Hall–Kier alpha value is -4.25. The zero-order chi connectivity index (χ0) is 24.5. The summed E-state index contributed by atoms with van der Waals surface area (Å²) in [5.74, 6) is -0.595. The summed E-state index contributed by atoms with van der Waals surface area (Å²) in [6, 6.07) is 12.7. The fourth-order valence-corrected chi connectivity index (χ4v) is 3.01. The van der Waals surface area contributed by atoms with Gasteiger partial charge in [-0.25, -0.2) is 10.2 Å². The molecule has 1 N–H and O–H groups in total. The van der Waals surface area contributed by atoms with Gasteiger partial charge in [-0.1, -0.05) is 22.0 Å². The molecule has 3 aromatic rings. The second-order valence-corrected chi connectivity index (χ2v) is 7.68. The zero-order valence-corrected chi connectivity index (χ0v) is 19.4. The number of benzene rings is 2. The van der Waals surface area contributed by atoms with E-state index in [0.717, 1.165) is 0 Å². The van der Waals surface area contributed by atoms with Crippen molar-refractivity contribution in [1.29, 1.82) is 0 Å². The number of hydrogen-bond donors (Lipinski definition) is 1. The molecule has 0 aliphatic heterocycles. The SMILES string of the molecule is Cc1ccc(OCC(=O)N/N=C\c2cc(Br)ccc2OC(=O)/C=C/c2ccco2)c([N+](=O)[O-])c1. The Kier molecular flexibility index (Phi) is 8.30. The zero-order valence-electron chi connectivity index (χ0n) is 17.8. The molecule has 0 radical (unpaired) electrons. The summed E-state index contributed by atoms with van der Waals surface area (Å²) >= 11 is 3.32. The Balaban J connectivity index is 1.60. The lowest BCUT2D eigenvalue weighted by Crippen LogP contribution is -2.24. The van der Waals surface area contributed by atoms with E-state index in [1.807, 2.05) is 0 Å². The molecule has 34 heavy (non-hydrogen) atoms. The molecule has 0 saturated carbocycles. The molecule has 0 atom stereocenters. The highest BCUT2D eigenvalue weighted by Gasteiger charge is 2.16. The Labute approximate surface area is 202 Å². The van der Waals surface area contributed by atoms with Crippen LogP contribution in [0.5, 0.6) is 11.5 Å². The van der Waals surface area contributed by atoms with E-state index in [9.17, 15) is 19.7 Å². The largest absolute Gasteiger partial charge is 0.477 e. The van der Waals surface area contributed by atoms with E-state index in [0.29, 0.717) is 21.4 Å². The van der Waals surface area contributed by atoms with Crippen molar-refractivity contribution in [1.82, 2.24) is 5.43 Å². The fraction of sp³-hybridized carbons (Fsp3) is 0.0870. The molecule has 0 aliphatic rings. The lowest BCUT2D eigenvalue weighted by atomic mass is 10.2. The van der Waals surface area contributed by atoms with Crippen LogP contribution in [0.25, 0.3) is 6.08 Å². The molecular weight excluding hydrogens is 510 g/mol. The third-order valence-corrected chi connectivity index (χ3v) is 4.67. The average molecular weight is 528 g/mol. The average Bonchev–Trinajstić information content (AvgIpc) is 3.32. The molecule has 10 nitrogen and oxygen atoms in total. The maximum atomic E-state index is 12.1. The van der Waals surface area contributed by atoms with Crippen LogP contribution < -0.4 is 14.9 Å². The van der Waals surface area contributed by atoms with Crippen LogP contribution in [0.4, 0.5) is 5.69 Å². The van der Waals surface area contributed by atoms with Gasteiger partial charge in [0.25, 0.3) is 5.91 Å². The molecular formula is C23H18BrN3O7. The predicted octanol–water partition coefficient (Wildman–Crippen LogP) is 4.41. The van der Waals surface area contributed by atoms with Crippen molar-refractivity contribution in [3.8, 4) is 11.5 Å². The number of hydrogen-bond acceptors (Lipinski definition) is 8. The predicted molar refractivity (Wildman–Crippen MR) is 127 cm³/mol. The molecule has 0 spiro atoms. The van der Waals surface area contributed by atoms with E-state index in [-0.39, 0.29) is 17.2 Å². The van der Waals surface area contributed by atoms with E-state index in [4.69, 9.17) is 13.9 Å². The number of amides is 1. The quantitative estimate of drug-likeness (QED) is 0.109. The number of esters is 1. The Morgan fingerprint density at radius 2 is 2.00 bits per heavy atom. The number of nitrogens with zero attached hydrogens (tertiary/aromatic N) is 2. The minimum atomic E-state index is -0.638. The van der Waals surface area contributed by atoms with Crippen LogP contribution in [-0.4, -0.2) is 29.6 Å². The van der Waals surface area contributed by atoms with Crippen molar-refractivity contribution in [3.63, 3.8) is 0 Å². The van der Waals surface area contributed by atoms with Gasteiger partial charge in [-0.05, 0) is 55.0 Å². The number of ether oxygens (including phenoxy) is 2. The number of aryl methyl sites for hydroxylation is 1. The van der Waals surface area contributed by atoms with Gasteiger partial charge in [0.15, 0.2) is 12.4 Å². The monoisotopic (exact) mass is 527 g/mol. The second kappa shape index (κ2) is 11.6. The third kappa shape index (κ3) is 7.14. The molecule has 1 aromatic heterocycles. The number of furan rings is 1. The van der Waals surface area contributed by atoms with Crippen molar-refractivity contribution >= 4 is 45.8 Å². The van der Waals surface area contributed by atoms with Crippen LogP contribution in [0.15, 0.2) is 74.9 Å². The molecule has 0 unspecified atom stereocenters. The Morgan fingerprint density at radius 3 is 2.74 bits per heavy atom. The van der Waals surface area contributed by atoms with Crippen molar-refractivity contribution in [2.24, 2.45) is 5.10 Å². The van der Waals surface area contributed by atoms with Gasteiger partial charge in [-0.3, -0.25) is 14.9 Å². The summed E-state index contributed by atoms with van der Waals surface area (Å²) in [6.07, 6.45) is 5.45. The van der Waals surface area contributed by atoms with E-state index in [2.05, 4.69) is 26.5 Å². The molecule has 0 saturated heterocycles. The van der Waals surface area contributed by atoms with Crippen molar-refractivity contribution in [3.05, 3.63) is 92.3 Å². The molecule has 3 rings (SSSR count). The normalized spacial score (nSPS) is 11.0. The summed E-state index contributed by atoms with van der Waals surface area (Å²) in [4.78, 5) is 34.7. The molecule has 11 heteroatoms. The van der Waals surface area contributed by atoms with Crippen molar-refractivity contribution in [2.75, 3.05) is 6.61 Å². The van der Waals surface area contributed by atoms with Crippen molar-refractivity contribution < 1.29 is 28.4 Å². The van der Waals surface area contributed by atoms with Crippen molar-refractivity contribution in [2.45, 2.75) is 6.92 Å². The summed E-state index contributed by atoms with van der Waals surface area (Å²) in [5.41, 5.74) is 3.12. The summed E-state index contributed by atoms with van der Waals surface area (Å²) < 4.78 is 16.4. The number of hydrazone groups is 1. The van der Waals surface area contributed by atoms with Gasteiger partial charge >= 0.3 is 11.7 Å². The number of carbonyl (C=O) groups excluding carboxylic acids is 2. The molecule has 0 fully saturated rings. The molecule has 0 aliphatic carbocycles. The first-order chi connectivity index (χ1) is 16.3. The van der Waals surface area contributed by atoms with Gasteiger partial charge in [0.1, 0.15) is 11.5 Å². The number of rotatable bonds is 9. The number of carbonyl (C=O) groups is 2. The van der Waals surface area contributed by atoms with E-state index >= 15 is 0 Å². The van der Waals surface area contributed by atoms with Crippen LogP contribution in [0.1, 0.15) is 16.9 Å². The molecule has 174 valence electrons. The molecule has 0 bridgehead atoms. The number of nitro benzene ring substituents is 1. The number of nitro groups is 1. The van der Waals surface area contributed by atoms with Crippen LogP contribution in [0.2, 0.25) is 0 Å². The third-order valence-electron chi connectivity index (χ3n) is 4.17. The lowest BCUT2D eigenvalue weighted by Gasteiger charge is -2.07. The highest BCUT2D eigenvalue weighted by atomic mass is 79.9. The standard InChI is InChI=1S/C23H18BrN3O7/c1-15-4-7-21(19(11-15)27(30)31)33-14-22(28)26-25-13-16-12-17(24)5-8-20(16)34-23(29)9-6-18-3-2-10-32-18/h2-13H,14H2,1H3,(H,26,28)/b9-6+,25-13-. The van der Waals surface area contributed by atoms with Gasteiger partial charge in [0.05, 0.1) is 17.4 Å². The minimum absolute atomic E-state index is 0.0291. The van der Waals surface area contributed by atoms with Gasteiger partial charge < -0.3 is 13.9 Å². The first-order valence-corrected chi connectivity index (χ1v) is 10.5. The Morgan fingerprint density at radius 1 is 1.21 bits per heavy atom. The lowest BCUT2D eigenvalue weighted by molar-refractivity contribution is -0.385. The smallest absolute Gasteiger partial charge is 0.336 e. The van der Waals surface area contributed by atoms with E-state index in [1.165, 1.54) is 36.8 Å².